The Morgan fingerprint density at radius 3 is 2.48 bits per heavy atom. The molecule has 0 bridgehead atoms. The van der Waals surface area contributed by atoms with Crippen LogP contribution < -0.4 is 0 Å². The number of H-pyrrole nitrogens is 1. The Labute approximate surface area is 153 Å². The van der Waals surface area contributed by atoms with Crippen LogP contribution in [0.2, 0.25) is 0 Å². The third-order valence-corrected chi connectivity index (χ3v) is 4.26. The van der Waals surface area contributed by atoms with Crippen molar-refractivity contribution < 1.29 is 14.3 Å². The highest BCUT2D eigenvalue weighted by molar-refractivity contribution is 5.88. The van der Waals surface area contributed by atoms with E-state index in [1.54, 1.807) is 18.2 Å². The molecule has 0 saturated heterocycles. The minimum atomic E-state index is -1.17. The zero-order valence-electron chi connectivity index (χ0n) is 14.6. The molecule has 7 nitrogen and oxygen atoms in total. The minimum absolute atomic E-state index is 0.167. The second-order valence-electron chi connectivity index (χ2n) is 6.48. The number of hydrogen-bond acceptors (Lipinski definition) is 4. The summed E-state index contributed by atoms with van der Waals surface area (Å²) < 4.78 is 15.1. The summed E-state index contributed by atoms with van der Waals surface area (Å²) in [6, 6.07) is 9.41. The fourth-order valence-corrected chi connectivity index (χ4v) is 2.95. The lowest BCUT2D eigenvalue weighted by Gasteiger charge is -2.06. The van der Waals surface area contributed by atoms with Gasteiger partial charge in [0.25, 0.3) is 0 Å². The highest BCUT2D eigenvalue weighted by atomic mass is 19.1. The molecule has 4 aromatic rings. The van der Waals surface area contributed by atoms with Crippen LogP contribution in [-0.4, -0.2) is 35.6 Å². The molecule has 0 aliphatic carbocycles. The molecular weight excluding hydrogens is 349 g/mol. The van der Waals surface area contributed by atoms with E-state index in [1.165, 1.54) is 12.1 Å². The van der Waals surface area contributed by atoms with Crippen molar-refractivity contribution in [3.63, 3.8) is 0 Å². The largest absolute Gasteiger partial charge is 0.475 e. The third kappa shape index (κ3) is 2.95. The van der Waals surface area contributed by atoms with E-state index in [9.17, 15) is 14.3 Å². The number of nitrogens with zero attached hydrogens (tertiary/aromatic N) is 4. The van der Waals surface area contributed by atoms with Crippen molar-refractivity contribution in [3.8, 4) is 22.5 Å². The van der Waals surface area contributed by atoms with E-state index in [4.69, 9.17) is 0 Å². The number of imidazole rings is 1. The number of aromatic nitrogens is 5. The van der Waals surface area contributed by atoms with Crippen LogP contribution in [0.3, 0.4) is 0 Å². The second-order valence-corrected chi connectivity index (χ2v) is 6.48. The van der Waals surface area contributed by atoms with Crippen LogP contribution in [0.15, 0.2) is 42.6 Å². The van der Waals surface area contributed by atoms with Crippen molar-refractivity contribution in [3.05, 3.63) is 60.1 Å². The lowest BCUT2D eigenvalue weighted by atomic mass is 10.1. The predicted molar refractivity (Wildman–Crippen MR) is 97.0 cm³/mol. The Balaban J connectivity index is 1.92. The third-order valence-electron chi connectivity index (χ3n) is 4.26. The summed E-state index contributed by atoms with van der Waals surface area (Å²) in [6.45, 7) is 4.04. The normalized spacial score (nSPS) is 11.4. The first-order valence-electron chi connectivity index (χ1n) is 8.38. The quantitative estimate of drug-likeness (QED) is 0.574. The molecule has 0 amide bonds. The maximum Gasteiger partial charge on any atom is 0.371 e. The van der Waals surface area contributed by atoms with Crippen molar-refractivity contribution in [2.75, 3.05) is 0 Å². The van der Waals surface area contributed by atoms with Gasteiger partial charge in [-0.05, 0) is 36.4 Å². The molecule has 0 unspecified atom stereocenters. The van der Waals surface area contributed by atoms with E-state index in [1.807, 2.05) is 30.5 Å². The van der Waals surface area contributed by atoms with Gasteiger partial charge in [-0.3, -0.25) is 4.40 Å². The van der Waals surface area contributed by atoms with Crippen molar-refractivity contribution in [1.82, 2.24) is 24.6 Å². The number of rotatable bonds is 4. The fraction of sp³-hybridized carbons (Fsp3) is 0.158. The first-order valence-corrected chi connectivity index (χ1v) is 8.38. The predicted octanol–water partition coefficient (Wildman–Crippen LogP) is 3.75. The molecule has 2 N–H and O–H groups in total. The SMILES string of the molecule is CC(C)c1nnc2ccc(-c3nc(C(=O)O)[nH]c3-c3ccc(F)cc3)cn12. The Morgan fingerprint density at radius 2 is 1.81 bits per heavy atom. The van der Waals surface area contributed by atoms with Gasteiger partial charge >= 0.3 is 5.97 Å². The summed E-state index contributed by atoms with van der Waals surface area (Å²) in [4.78, 5) is 18.5. The molecule has 4 rings (SSSR count). The van der Waals surface area contributed by atoms with E-state index >= 15 is 0 Å². The molecule has 3 aromatic heterocycles. The number of carboxylic acid groups (broad SMARTS) is 1. The maximum absolute atomic E-state index is 13.3. The number of halogens is 1. The lowest BCUT2D eigenvalue weighted by molar-refractivity contribution is 0.0685. The molecule has 0 spiro atoms. The molecule has 0 fully saturated rings. The molecule has 27 heavy (non-hydrogen) atoms. The Bertz CT molecular complexity index is 1140. The van der Waals surface area contributed by atoms with E-state index in [0.717, 1.165) is 5.82 Å². The molecule has 136 valence electrons. The van der Waals surface area contributed by atoms with Crippen LogP contribution in [0.5, 0.6) is 0 Å². The topological polar surface area (TPSA) is 96.2 Å². The van der Waals surface area contributed by atoms with Gasteiger partial charge in [0.2, 0.25) is 5.82 Å². The average Bonchev–Trinajstić information content (AvgIpc) is 3.26. The molecule has 0 aliphatic rings. The smallest absolute Gasteiger partial charge is 0.371 e. The zero-order chi connectivity index (χ0) is 19.1. The molecular formula is C19H16FN5O2. The monoisotopic (exact) mass is 365 g/mol. The summed E-state index contributed by atoms with van der Waals surface area (Å²) >= 11 is 0. The number of carboxylic acids is 1. The lowest BCUT2D eigenvalue weighted by Crippen LogP contribution is -1.99. The van der Waals surface area contributed by atoms with Gasteiger partial charge in [-0.2, -0.15) is 0 Å². The molecule has 3 heterocycles. The van der Waals surface area contributed by atoms with Gasteiger partial charge in [0.15, 0.2) is 5.65 Å². The number of aromatic carboxylic acids is 1. The van der Waals surface area contributed by atoms with Gasteiger partial charge in [0, 0.05) is 23.2 Å². The van der Waals surface area contributed by atoms with Crippen molar-refractivity contribution in [2.45, 2.75) is 19.8 Å². The number of fused-ring (bicyclic) bond motifs is 1. The fourth-order valence-electron chi connectivity index (χ4n) is 2.95. The average molecular weight is 365 g/mol. The van der Waals surface area contributed by atoms with E-state index in [2.05, 4.69) is 20.2 Å². The number of benzene rings is 1. The summed E-state index contributed by atoms with van der Waals surface area (Å²) in [5, 5.41) is 17.7. The van der Waals surface area contributed by atoms with E-state index < -0.39 is 5.97 Å². The van der Waals surface area contributed by atoms with Crippen molar-refractivity contribution in [1.29, 1.82) is 0 Å². The number of aromatic amines is 1. The van der Waals surface area contributed by atoms with Crippen molar-refractivity contribution in [2.24, 2.45) is 0 Å². The summed E-state index contributed by atoms with van der Waals surface area (Å²) in [7, 11) is 0. The molecule has 8 heteroatoms. The molecule has 1 aromatic carbocycles. The maximum atomic E-state index is 13.3. The zero-order valence-corrected chi connectivity index (χ0v) is 14.6. The summed E-state index contributed by atoms with van der Waals surface area (Å²) in [5.41, 5.74) is 3.00. The van der Waals surface area contributed by atoms with Crippen LogP contribution in [0.25, 0.3) is 28.2 Å². The summed E-state index contributed by atoms with van der Waals surface area (Å²) in [5.74, 6) is -0.759. The van der Waals surface area contributed by atoms with Gasteiger partial charge in [-0.15, -0.1) is 10.2 Å². The highest BCUT2D eigenvalue weighted by Crippen LogP contribution is 2.31. The van der Waals surface area contributed by atoms with Gasteiger partial charge in [-0.1, -0.05) is 13.8 Å². The molecule has 0 aliphatic heterocycles. The number of nitrogens with one attached hydrogen (secondary N) is 1. The Kier molecular flexibility index (Phi) is 3.95. The standard InChI is InChI=1S/C19H16FN5O2/c1-10(2)18-24-23-14-8-5-12(9-25(14)18)16-15(21-17(22-16)19(26)27)11-3-6-13(20)7-4-11/h3-10H,1-2H3,(H,21,22)(H,26,27). The summed E-state index contributed by atoms with van der Waals surface area (Å²) in [6.07, 6.45) is 1.83. The molecule has 0 radical (unpaired) electrons. The highest BCUT2D eigenvalue weighted by Gasteiger charge is 2.19. The van der Waals surface area contributed by atoms with Gasteiger partial charge in [0.1, 0.15) is 11.6 Å². The van der Waals surface area contributed by atoms with Gasteiger partial charge < -0.3 is 10.1 Å². The minimum Gasteiger partial charge on any atom is -0.475 e. The number of pyridine rings is 1. The van der Waals surface area contributed by atoms with Crippen LogP contribution in [0.4, 0.5) is 4.39 Å². The molecule has 0 atom stereocenters. The first kappa shape index (κ1) is 16.9. The van der Waals surface area contributed by atoms with E-state index in [0.29, 0.717) is 28.2 Å². The Hall–Kier alpha value is -3.55. The van der Waals surface area contributed by atoms with Crippen LogP contribution >= 0.6 is 0 Å². The van der Waals surface area contributed by atoms with Gasteiger partial charge in [-0.25, -0.2) is 14.2 Å². The van der Waals surface area contributed by atoms with Crippen LogP contribution in [-0.2, 0) is 0 Å². The van der Waals surface area contributed by atoms with Crippen LogP contribution in [0, 0.1) is 5.82 Å². The number of carbonyl (C=O) groups is 1. The Morgan fingerprint density at radius 1 is 1.11 bits per heavy atom. The van der Waals surface area contributed by atoms with Gasteiger partial charge in [0.05, 0.1) is 11.4 Å². The first-order chi connectivity index (χ1) is 12.9. The molecule has 0 saturated carbocycles. The second kappa shape index (κ2) is 6.31. The van der Waals surface area contributed by atoms with Crippen LogP contribution in [0.1, 0.15) is 36.2 Å². The number of hydrogen-bond donors (Lipinski definition) is 2. The van der Waals surface area contributed by atoms with E-state index in [-0.39, 0.29) is 17.6 Å². The van der Waals surface area contributed by atoms with Crippen molar-refractivity contribution >= 4 is 11.6 Å².